The van der Waals surface area contributed by atoms with Crippen LogP contribution in [0.3, 0.4) is 0 Å². The van der Waals surface area contributed by atoms with Crippen LogP contribution < -0.4 is 5.32 Å². The van der Waals surface area contributed by atoms with Gasteiger partial charge in [-0.25, -0.2) is 0 Å². The third kappa shape index (κ3) is 2.23. The van der Waals surface area contributed by atoms with E-state index in [2.05, 4.69) is 10.2 Å². The highest BCUT2D eigenvalue weighted by molar-refractivity contribution is 7.86. The summed E-state index contributed by atoms with van der Waals surface area (Å²) in [5.74, 6) is 0. The fraction of sp³-hybridized carbons (Fsp3) is 1.00. The summed E-state index contributed by atoms with van der Waals surface area (Å²) in [4.78, 5) is 2.37. The van der Waals surface area contributed by atoms with Crippen molar-refractivity contribution in [2.24, 2.45) is 0 Å². The molecule has 0 aliphatic carbocycles. The summed E-state index contributed by atoms with van der Waals surface area (Å²) in [5, 5.41) is 3.30. The van der Waals surface area contributed by atoms with Gasteiger partial charge in [0.25, 0.3) is 10.2 Å². The summed E-state index contributed by atoms with van der Waals surface area (Å²) >= 11 is 0. The molecule has 2 aliphatic heterocycles. The lowest BCUT2D eigenvalue weighted by molar-refractivity contribution is 0.0744. The molecule has 2 fully saturated rings. The first-order valence-electron chi connectivity index (χ1n) is 5.64. The van der Waals surface area contributed by atoms with Crippen LogP contribution in [0.25, 0.3) is 0 Å². The van der Waals surface area contributed by atoms with Crippen LogP contribution in [0.4, 0.5) is 0 Å². The number of rotatable bonds is 3. The van der Waals surface area contributed by atoms with Gasteiger partial charge in [0.1, 0.15) is 0 Å². The number of hydrogen-bond donors (Lipinski definition) is 1. The molecule has 1 N–H and O–H groups in total. The number of nitrogens with zero attached hydrogens (tertiary/aromatic N) is 3. The van der Waals surface area contributed by atoms with E-state index < -0.39 is 10.2 Å². The first-order valence-corrected chi connectivity index (χ1v) is 7.04. The molecule has 0 spiro atoms. The van der Waals surface area contributed by atoms with Gasteiger partial charge >= 0.3 is 0 Å². The molecule has 94 valence electrons. The highest BCUT2D eigenvalue weighted by Gasteiger charge is 2.39. The maximum absolute atomic E-state index is 11.8. The molecule has 0 bridgehead atoms. The van der Waals surface area contributed by atoms with Gasteiger partial charge in [-0.3, -0.25) is 4.90 Å². The molecule has 2 rings (SSSR count). The van der Waals surface area contributed by atoms with E-state index in [4.69, 9.17) is 0 Å². The molecule has 0 aromatic heterocycles. The maximum atomic E-state index is 11.8. The molecular weight excluding hydrogens is 228 g/mol. The van der Waals surface area contributed by atoms with E-state index in [1.54, 1.807) is 18.4 Å². The quantitative estimate of drug-likeness (QED) is 0.652. The Morgan fingerprint density at radius 1 is 1.19 bits per heavy atom. The largest absolute Gasteiger partial charge is 0.314 e. The summed E-state index contributed by atoms with van der Waals surface area (Å²) in [7, 11) is -0.0336. The summed E-state index contributed by atoms with van der Waals surface area (Å²) in [6, 6.07) is 0.414. The van der Waals surface area contributed by atoms with Gasteiger partial charge in [0.15, 0.2) is 0 Å². The summed E-state index contributed by atoms with van der Waals surface area (Å²) in [6.07, 6.45) is 0. The average molecular weight is 248 g/mol. The number of piperazine rings is 1. The zero-order valence-corrected chi connectivity index (χ0v) is 10.7. The van der Waals surface area contributed by atoms with Crippen LogP contribution in [0.2, 0.25) is 0 Å². The van der Waals surface area contributed by atoms with Gasteiger partial charge in [-0.2, -0.15) is 17.0 Å². The van der Waals surface area contributed by atoms with Crippen molar-refractivity contribution in [2.45, 2.75) is 6.04 Å². The lowest BCUT2D eigenvalue weighted by Gasteiger charge is -2.46. The van der Waals surface area contributed by atoms with Crippen molar-refractivity contribution in [1.29, 1.82) is 0 Å². The molecular formula is C9H20N4O2S. The van der Waals surface area contributed by atoms with E-state index in [0.29, 0.717) is 19.1 Å². The lowest BCUT2D eigenvalue weighted by atomic mass is 10.1. The molecule has 0 amide bonds. The number of hydrogen-bond acceptors (Lipinski definition) is 4. The van der Waals surface area contributed by atoms with Crippen LogP contribution >= 0.6 is 0 Å². The standard InChI is InChI=1S/C9H20N4O2S/c1-11(2)16(14,15)13-7-9(8-13)12-5-3-10-4-6-12/h9-10H,3-8H2,1-2H3. The molecule has 0 unspecified atom stereocenters. The second kappa shape index (κ2) is 4.58. The zero-order valence-electron chi connectivity index (χ0n) is 9.89. The van der Waals surface area contributed by atoms with Gasteiger partial charge in [-0.1, -0.05) is 0 Å². The van der Waals surface area contributed by atoms with Gasteiger partial charge in [-0.05, 0) is 0 Å². The molecule has 0 atom stereocenters. The van der Waals surface area contributed by atoms with E-state index in [9.17, 15) is 8.42 Å². The fourth-order valence-electron chi connectivity index (χ4n) is 2.11. The molecule has 7 heteroatoms. The van der Waals surface area contributed by atoms with Gasteiger partial charge in [0.05, 0.1) is 0 Å². The van der Waals surface area contributed by atoms with Crippen LogP contribution in [0.1, 0.15) is 0 Å². The van der Waals surface area contributed by atoms with Crippen molar-refractivity contribution in [3.63, 3.8) is 0 Å². The van der Waals surface area contributed by atoms with E-state index in [-0.39, 0.29) is 0 Å². The van der Waals surface area contributed by atoms with Crippen molar-refractivity contribution < 1.29 is 8.42 Å². The third-order valence-electron chi connectivity index (χ3n) is 3.28. The van der Waals surface area contributed by atoms with Crippen LogP contribution in [-0.4, -0.2) is 81.3 Å². The number of nitrogens with one attached hydrogen (secondary N) is 1. The maximum Gasteiger partial charge on any atom is 0.281 e. The third-order valence-corrected chi connectivity index (χ3v) is 5.16. The normalized spacial score (nSPS) is 25.9. The zero-order chi connectivity index (χ0) is 11.8. The van der Waals surface area contributed by atoms with Crippen LogP contribution in [-0.2, 0) is 10.2 Å². The molecule has 2 heterocycles. The van der Waals surface area contributed by atoms with Crippen molar-refractivity contribution in [2.75, 3.05) is 53.4 Å². The topological polar surface area (TPSA) is 55.9 Å². The minimum absolute atomic E-state index is 0.414. The Morgan fingerprint density at radius 3 is 2.25 bits per heavy atom. The van der Waals surface area contributed by atoms with Crippen LogP contribution in [0.5, 0.6) is 0 Å². The molecule has 6 nitrogen and oxygen atoms in total. The van der Waals surface area contributed by atoms with Crippen molar-refractivity contribution >= 4 is 10.2 Å². The Balaban J connectivity index is 1.85. The van der Waals surface area contributed by atoms with Gasteiger partial charge in [0, 0.05) is 59.4 Å². The Labute approximate surface area is 97.4 Å². The van der Waals surface area contributed by atoms with Crippen molar-refractivity contribution in [1.82, 2.24) is 18.8 Å². The summed E-state index contributed by atoms with van der Waals surface area (Å²) in [5.41, 5.74) is 0. The van der Waals surface area contributed by atoms with Gasteiger partial charge < -0.3 is 5.32 Å². The monoisotopic (exact) mass is 248 g/mol. The Bertz CT molecular complexity index is 331. The van der Waals surface area contributed by atoms with E-state index >= 15 is 0 Å². The highest BCUT2D eigenvalue weighted by Crippen LogP contribution is 2.20. The second-order valence-corrected chi connectivity index (χ2v) is 6.69. The Hall–Kier alpha value is -0.210. The Morgan fingerprint density at radius 2 is 1.75 bits per heavy atom. The molecule has 0 radical (unpaired) electrons. The SMILES string of the molecule is CN(C)S(=O)(=O)N1CC(N2CCNCC2)C1. The van der Waals surface area contributed by atoms with Crippen molar-refractivity contribution in [3.8, 4) is 0 Å². The van der Waals surface area contributed by atoms with E-state index in [0.717, 1.165) is 26.2 Å². The van der Waals surface area contributed by atoms with E-state index in [1.165, 1.54) is 4.31 Å². The summed E-state index contributed by atoms with van der Waals surface area (Å²) in [6.45, 7) is 5.36. The minimum atomic E-state index is -3.19. The minimum Gasteiger partial charge on any atom is -0.314 e. The van der Waals surface area contributed by atoms with E-state index in [1.807, 2.05) is 0 Å². The highest BCUT2D eigenvalue weighted by atomic mass is 32.2. The lowest BCUT2D eigenvalue weighted by Crippen LogP contribution is -2.65. The summed E-state index contributed by atoms with van der Waals surface area (Å²) < 4.78 is 26.3. The first kappa shape index (κ1) is 12.3. The fourth-order valence-corrected chi connectivity index (χ4v) is 3.30. The smallest absolute Gasteiger partial charge is 0.281 e. The van der Waals surface area contributed by atoms with Crippen LogP contribution in [0.15, 0.2) is 0 Å². The molecule has 0 saturated carbocycles. The molecule has 2 saturated heterocycles. The second-order valence-electron chi connectivity index (χ2n) is 4.55. The predicted octanol–water partition coefficient (Wildman–Crippen LogP) is -1.62. The molecule has 16 heavy (non-hydrogen) atoms. The van der Waals surface area contributed by atoms with Gasteiger partial charge in [0.2, 0.25) is 0 Å². The Kier molecular flexibility index (Phi) is 3.50. The van der Waals surface area contributed by atoms with Crippen LogP contribution in [0, 0.1) is 0 Å². The van der Waals surface area contributed by atoms with Gasteiger partial charge in [-0.15, -0.1) is 0 Å². The first-order chi connectivity index (χ1) is 7.51. The van der Waals surface area contributed by atoms with Crippen molar-refractivity contribution in [3.05, 3.63) is 0 Å². The predicted molar refractivity (Wildman–Crippen MR) is 62.4 cm³/mol. The molecule has 0 aromatic carbocycles. The average Bonchev–Trinajstić information content (AvgIpc) is 2.16. The molecule has 0 aromatic rings. The molecule has 2 aliphatic rings.